The molecular weight excluding hydrogens is 182 g/mol. The summed E-state index contributed by atoms with van der Waals surface area (Å²) in [6.45, 7) is 1.88. The van der Waals surface area contributed by atoms with E-state index in [0.717, 1.165) is 0 Å². The van der Waals surface area contributed by atoms with Crippen molar-refractivity contribution >= 4 is 17.0 Å². The maximum atomic E-state index is 9.63. The third kappa shape index (κ3) is 1.20. The predicted molar refractivity (Wildman–Crippen MR) is 51.3 cm³/mol. The van der Waals surface area contributed by atoms with E-state index in [0.29, 0.717) is 23.4 Å². The SMILES string of the molecule is CCC(O)n1cnc2c(N)ncnc21. The molecule has 0 fully saturated rings. The van der Waals surface area contributed by atoms with E-state index in [1.807, 2.05) is 6.92 Å². The molecule has 0 aliphatic carbocycles. The quantitative estimate of drug-likeness (QED) is 0.716. The zero-order valence-electron chi connectivity index (χ0n) is 7.75. The smallest absolute Gasteiger partial charge is 0.167 e. The van der Waals surface area contributed by atoms with E-state index >= 15 is 0 Å². The van der Waals surface area contributed by atoms with E-state index in [2.05, 4.69) is 15.0 Å². The lowest BCUT2D eigenvalue weighted by molar-refractivity contribution is 0.103. The van der Waals surface area contributed by atoms with Gasteiger partial charge >= 0.3 is 0 Å². The lowest BCUT2D eigenvalue weighted by Gasteiger charge is -2.08. The van der Waals surface area contributed by atoms with Crippen LogP contribution in [0.5, 0.6) is 0 Å². The van der Waals surface area contributed by atoms with Gasteiger partial charge in [-0.1, -0.05) is 6.92 Å². The van der Waals surface area contributed by atoms with E-state index in [1.165, 1.54) is 12.7 Å². The first-order valence-electron chi connectivity index (χ1n) is 4.35. The molecule has 0 bridgehead atoms. The maximum absolute atomic E-state index is 9.63. The summed E-state index contributed by atoms with van der Waals surface area (Å²) < 4.78 is 1.58. The van der Waals surface area contributed by atoms with E-state index < -0.39 is 6.23 Å². The van der Waals surface area contributed by atoms with Crippen LogP contribution in [-0.4, -0.2) is 24.6 Å². The summed E-state index contributed by atoms with van der Waals surface area (Å²) in [7, 11) is 0. The summed E-state index contributed by atoms with van der Waals surface area (Å²) in [6, 6.07) is 0. The number of hydrogen-bond acceptors (Lipinski definition) is 5. The Morgan fingerprint density at radius 3 is 3.00 bits per heavy atom. The molecule has 3 N–H and O–H groups in total. The Morgan fingerprint density at radius 2 is 2.29 bits per heavy atom. The highest BCUT2D eigenvalue weighted by molar-refractivity contribution is 5.81. The van der Waals surface area contributed by atoms with Crippen molar-refractivity contribution in [2.45, 2.75) is 19.6 Å². The van der Waals surface area contributed by atoms with E-state index in [9.17, 15) is 5.11 Å². The van der Waals surface area contributed by atoms with Crippen molar-refractivity contribution in [2.24, 2.45) is 0 Å². The van der Waals surface area contributed by atoms with Gasteiger partial charge in [0.2, 0.25) is 0 Å². The highest BCUT2D eigenvalue weighted by atomic mass is 16.3. The molecule has 1 unspecified atom stereocenters. The second-order valence-electron chi connectivity index (χ2n) is 2.97. The molecule has 2 aromatic heterocycles. The molecule has 74 valence electrons. The van der Waals surface area contributed by atoms with E-state index in [4.69, 9.17) is 5.73 Å². The Morgan fingerprint density at radius 1 is 1.50 bits per heavy atom. The topological polar surface area (TPSA) is 89.8 Å². The number of imidazole rings is 1. The summed E-state index contributed by atoms with van der Waals surface area (Å²) in [5, 5.41) is 9.63. The molecule has 2 heterocycles. The fourth-order valence-corrected chi connectivity index (χ4v) is 1.28. The van der Waals surface area contributed by atoms with Gasteiger partial charge in [0.15, 0.2) is 11.5 Å². The third-order valence-corrected chi connectivity index (χ3v) is 2.07. The summed E-state index contributed by atoms with van der Waals surface area (Å²) in [5.74, 6) is 0.331. The van der Waals surface area contributed by atoms with Crippen LogP contribution in [0.4, 0.5) is 5.82 Å². The van der Waals surface area contributed by atoms with Crippen molar-refractivity contribution in [1.82, 2.24) is 19.5 Å². The Kier molecular flexibility index (Phi) is 2.05. The zero-order valence-corrected chi connectivity index (χ0v) is 7.75. The Hall–Kier alpha value is -1.69. The van der Waals surface area contributed by atoms with Crippen LogP contribution in [0.1, 0.15) is 19.6 Å². The molecule has 0 aromatic carbocycles. The molecule has 2 rings (SSSR count). The Bertz CT molecular complexity index is 452. The monoisotopic (exact) mass is 193 g/mol. The summed E-state index contributed by atoms with van der Waals surface area (Å²) in [5.41, 5.74) is 6.69. The standard InChI is InChI=1S/C8H11N5O/c1-2-5(14)13-4-12-6-7(9)10-3-11-8(6)13/h3-5,14H,2H2,1H3,(H2,9,10,11). The molecule has 0 amide bonds. The Balaban J connectivity index is 2.63. The molecule has 0 aliphatic rings. The van der Waals surface area contributed by atoms with Crippen molar-refractivity contribution in [3.05, 3.63) is 12.7 Å². The fraction of sp³-hybridized carbons (Fsp3) is 0.375. The van der Waals surface area contributed by atoms with Crippen molar-refractivity contribution < 1.29 is 5.11 Å². The number of nitrogens with two attached hydrogens (primary N) is 1. The molecular formula is C8H11N5O. The first kappa shape index (κ1) is 8.89. The van der Waals surface area contributed by atoms with Gasteiger partial charge in [-0.25, -0.2) is 15.0 Å². The number of nitrogens with zero attached hydrogens (tertiary/aromatic N) is 4. The fourth-order valence-electron chi connectivity index (χ4n) is 1.28. The largest absolute Gasteiger partial charge is 0.382 e. The summed E-state index contributed by atoms with van der Waals surface area (Å²) >= 11 is 0. The highest BCUT2D eigenvalue weighted by Gasteiger charge is 2.11. The van der Waals surface area contributed by atoms with Crippen molar-refractivity contribution in [3.8, 4) is 0 Å². The average Bonchev–Trinajstić information content (AvgIpc) is 2.62. The van der Waals surface area contributed by atoms with Crippen LogP contribution >= 0.6 is 0 Å². The number of anilines is 1. The number of fused-ring (bicyclic) bond motifs is 1. The van der Waals surface area contributed by atoms with Gasteiger partial charge in [-0.2, -0.15) is 0 Å². The molecule has 1 atom stereocenters. The minimum Gasteiger partial charge on any atom is -0.382 e. The predicted octanol–water partition coefficient (Wildman–Crippen LogP) is 0.309. The van der Waals surface area contributed by atoms with Gasteiger partial charge in [0, 0.05) is 0 Å². The van der Waals surface area contributed by atoms with E-state index in [-0.39, 0.29) is 0 Å². The number of aromatic nitrogens is 4. The minimum absolute atomic E-state index is 0.331. The van der Waals surface area contributed by atoms with Crippen LogP contribution in [0.25, 0.3) is 11.2 Å². The lowest BCUT2D eigenvalue weighted by Crippen LogP contribution is -2.06. The first-order chi connectivity index (χ1) is 6.74. The highest BCUT2D eigenvalue weighted by Crippen LogP contribution is 2.18. The minimum atomic E-state index is -0.616. The zero-order chi connectivity index (χ0) is 10.1. The van der Waals surface area contributed by atoms with Gasteiger partial charge in [-0.05, 0) is 6.42 Å². The van der Waals surface area contributed by atoms with Crippen LogP contribution < -0.4 is 5.73 Å². The second-order valence-corrected chi connectivity index (χ2v) is 2.97. The second kappa shape index (κ2) is 3.22. The Labute approximate surface area is 80.4 Å². The number of hydrogen-bond donors (Lipinski definition) is 2. The molecule has 0 aliphatic heterocycles. The van der Waals surface area contributed by atoms with E-state index in [1.54, 1.807) is 4.57 Å². The van der Waals surface area contributed by atoms with Gasteiger partial charge < -0.3 is 10.8 Å². The van der Waals surface area contributed by atoms with Crippen LogP contribution in [0.2, 0.25) is 0 Å². The van der Waals surface area contributed by atoms with Gasteiger partial charge in [0.1, 0.15) is 18.1 Å². The first-order valence-corrected chi connectivity index (χ1v) is 4.35. The molecule has 0 saturated carbocycles. The number of aliphatic hydroxyl groups excluding tert-OH is 1. The van der Waals surface area contributed by atoms with Gasteiger partial charge in [0.25, 0.3) is 0 Å². The third-order valence-electron chi connectivity index (χ3n) is 2.07. The van der Waals surface area contributed by atoms with Crippen LogP contribution in [-0.2, 0) is 0 Å². The maximum Gasteiger partial charge on any atom is 0.167 e. The molecule has 2 aromatic rings. The summed E-state index contributed by atoms with van der Waals surface area (Å²) in [4.78, 5) is 11.9. The van der Waals surface area contributed by atoms with Gasteiger partial charge in [0.05, 0.1) is 6.33 Å². The molecule has 6 nitrogen and oxygen atoms in total. The number of rotatable bonds is 2. The molecule has 0 saturated heterocycles. The van der Waals surface area contributed by atoms with Crippen LogP contribution in [0.15, 0.2) is 12.7 Å². The molecule has 0 spiro atoms. The van der Waals surface area contributed by atoms with Crippen molar-refractivity contribution in [3.63, 3.8) is 0 Å². The van der Waals surface area contributed by atoms with Crippen LogP contribution in [0, 0.1) is 0 Å². The number of aliphatic hydroxyl groups is 1. The van der Waals surface area contributed by atoms with Gasteiger partial charge in [-0.3, -0.25) is 4.57 Å². The van der Waals surface area contributed by atoms with Crippen molar-refractivity contribution in [1.29, 1.82) is 0 Å². The van der Waals surface area contributed by atoms with Crippen LogP contribution in [0.3, 0.4) is 0 Å². The molecule has 0 radical (unpaired) electrons. The number of nitrogen functional groups attached to an aromatic ring is 1. The normalized spacial score (nSPS) is 13.3. The molecule has 6 heteroatoms. The lowest BCUT2D eigenvalue weighted by atomic mass is 10.4. The summed E-state index contributed by atoms with van der Waals surface area (Å²) in [6.07, 6.45) is 2.85. The molecule has 14 heavy (non-hydrogen) atoms. The van der Waals surface area contributed by atoms with Gasteiger partial charge in [-0.15, -0.1) is 0 Å². The average molecular weight is 193 g/mol. The van der Waals surface area contributed by atoms with Crippen molar-refractivity contribution in [2.75, 3.05) is 5.73 Å².